The Bertz CT molecular complexity index is 664. The molecule has 3 N–H and O–H groups in total. The van der Waals surface area contributed by atoms with E-state index in [4.69, 9.17) is 5.11 Å². The third-order valence-corrected chi connectivity index (χ3v) is 2.82. The fourth-order valence-electron chi connectivity index (χ4n) is 1.93. The summed E-state index contributed by atoms with van der Waals surface area (Å²) >= 11 is 0. The van der Waals surface area contributed by atoms with Crippen LogP contribution in [0.15, 0.2) is 30.5 Å². The standard InChI is InChI=1S/C14H13FN2O3/c1-8-13(14(19)20)11(7-16-8)17-12(18)6-9-3-2-4-10(15)5-9/h2-5,7,16H,6H2,1H3,(H,17,18)(H,19,20). The Morgan fingerprint density at radius 1 is 1.40 bits per heavy atom. The van der Waals surface area contributed by atoms with E-state index < -0.39 is 17.7 Å². The zero-order valence-electron chi connectivity index (χ0n) is 10.7. The number of benzene rings is 1. The van der Waals surface area contributed by atoms with Crippen LogP contribution in [0.1, 0.15) is 21.6 Å². The number of carboxylic acids is 1. The second-order valence-electron chi connectivity index (χ2n) is 4.36. The van der Waals surface area contributed by atoms with Crippen molar-refractivity contribution in [1.29, 1.82) is 0 Å². The van der Waals surface area contributed by atoms with E-state index in [1.165, 1.54) is 24.4 Å². The first-order valence-electron chi connectivity index (χ1n) is 5.93. The van der Waals surface area contributed by atoms with Gasteiger partial charge in [-0.3, -0.25) is 4.79 Å². The number of anilines is 1. The lowest BCUT2D eigenvalue weighted by atomic mass is 10.1. The number of H-pyrrole nitrogens is 1. The van der Waals surface area contributed by atoms with Gasteiger partial charge in [0.15, 0.2) is 0 Å². The third kappa shape index (κ3) is 3.03. The van der Waals surface area contributed by atoms with E-state index in [1.54, 1.807) is 13.0 Å². The highest BCUT2D eigenvalue weighted by molar-refractivity contribution is 6.01. The van der Waals surface area contributed by atoms with Gasteiger partial charge >= 0.3 is 5.97 Å². The molecule has 0 aliphatic heterocycles. The van der Waals surface area contributed by atoms with Crippen LogP contribution in [0.3, 0.4) is 0 Å². The van der Waals surface area contributed by atoms with Crippen molar-refractivity contribution in [3.63, 3.8) is 0 Å². The average molecular weight is 276 g/mol. The largest absolute Gasteiger partial charge is 0.478 e. The number of carbonyl (C=O) groups excluding carboxylic acids is 1. The van der Waals surface area contributed by atoms with Crippen LogP contribution in [0.2, 0.25) is 0 Å². The highest BCUT2D eigenvalue weighted by atomic mass is 19.1. The number of amides is 1. The van der Waals surface area contributed by atoms with E-state index in [1.807, 2.05) is 0 Å². The minimum atomic E-state index is -1.12. The van der Waals surface area contributed by atoms with Crippen molar-refractivity contribution >= 4 is 17.6 Å². The van der Waals surface area contributed by atoms with Crippen LogP contribution in [0, 0.1) is 12.7 Å². The van der Waals surface area contributed by atoms with E-state index >= 15 is 0 Å². The van der Waals surface area contributed by atoms with Gasteiger partial charge in [0.1, 0.15) is 11.4 Å². The second kappa shape index (κ2) is 5.56. The van der Waals surface area contributed by atoms with Crippen molar-refractivity contribution in [2.75, 3.05) is 5.32 Å². The predicted octanol–water partition coefficient (Wildman–Crippen LogP) is 2.34. The number of aromatic amines is 1. The number of halogens is 1. The lowest BCUT2D eigenvalue weighted by Gasteiger charge is -2.05. The molecule has 104 valence electrons. The SMILES string of the molecule is Cc1[nH]cc(NC(=O)Cc2cccc(F)c2)c1C(=O)O. The first-order chi connectivity index (χ1) is 9.47. The number of aromatic carboxylic acids is 1. The molecule has 1 aromatic heterocycles. The molecule has 0 saturated heterocycles. The zero-order valence-corrected chi connectivity index (χ0v) is 10.7. The molecule has 20 heavy (non-hydrogen) atoms. The molecule has 0 saturated carbocycles. The average Bonchev–Trinajstić information content (AvgIpc) is 2.70. The number of hydrogen-bond acceptors (Lipinski definition) is 2. The topological polar surface area (TPSA) is 82.2 Å². The fourth-order valence-corrected chi connectivity index (χ4v) is 1.93. The lowest BCUT2D eigenvalue weighted by molar-refractivity contribution is -0.115. The highest BCUT2D eigenvalue weighted by Crippen LogP contribution is 2.19. The Hall–Kier alpha value is -2.63. The predicted molar refractivity (Wildman–Crippen MR) is 71.2 cm³/mol. The van der Waals surface area contributed by atoms with Gasteiger partial charge in [-0.2, -0.15) is 0 Å². The molecular formula is C14H13FN2O3. The summed E-state index contributed by atoms with van der Waals surface area (Å²) in [6, 6.07) is 5.70. The Kier molecular flexibility index (Phi) is 3.84. The number of hydrogen-bond donors (Lipinski definition) is 3. The van der Waals surface area contributed by atoms with Crippen molar-refractivity contribution in [3.8, 4) is 0 Å². The van der Waals surface area contributed by atoms with Gasteiger partial charge in [-0.05, 0) is 24.6 Å². The molecule has 0 unspecified atom stereocenters. The molecule has 0 aliphatic carbocycles. The van der Waals surface area contributed by atoms with Crippen LogP contribution in [0.25, 0.3) is 0 Å². The van der Waals surface area contributed by atoms with Gasteiger partial charge in [-0.15, -0.1) is 0 Å². The van der Waals surface area contributed by atoms with Crippen molar-refractivity contribution in [2.45, 2.75) is 13.3 Å². The number of aromatic nitrogens is 1. The normalized spacial score (nSPS) is 10.3. The summed E-state index contributed by atoms with van der Waals surface area (Å²) in [6.07, 6.45) is 1.39. The first-order valence-corrected chi connectivity index (χ1v) is 5.93. The first kappa shape index (κ1) is 13.8. The summed E-state index contributed by atoms with van der Waals surface area (Å²) in [7, 11) is 0. The Morgan fingerprint density at radius 2 is 2.15 bits per heavy atom. The third-order valence-electron chi connectivity index (χ3n) is 2.82. The van der Waals surface area contributed by atoms with Crippen LogP contribution >= 0.6 is 0 Å². The van der Waals surface area contributed by atoms with E-state index in [0.717, 1.165) is 0 Å². The Morgan fingerprint density at radius 3 is 2.80 bits per heavy atom. The van der Waals surface area contributed by atoms with Crippen LogP contribution in [0.4, 0.5) is 10.1 Å². The zero-order chi connectivity index (χ0) is 14.7. The molecule has 1 heterocycles. The second-order valence-corrected chi connectivity index (χ2v) is 4.36. The molecule has 1 amide bonds. The molecule has 0 fully saturated rings. The molecule has 2 aromatic rings. The van der Waals surface area contributed by atoms with Gasteiger partial charge in [-0.1, -0.05) is 12.1 Å². The summed E-state index contributed by atoms with van der Waals surface area (Å²) < 4.78 is 13.0. The summed E-state index contributed by atoms with van der Waals surface area (Å²) in [5, 5.41) is 11.6. The van der Waals surface area contributed by atoms with E-state index in [-0.39, 0.29) is 17.7 Å². The molecule has 1 aromatic carbocycles. The van der Waals surface area contributed by atoms with E-state index in [2.05, 4.69) is 10.3 Å². The molecular weight excluding hydrogens is 263 g/mol. The maximum atomic E-state index is 13.0. The van der Waals surface area contributed by atoms with Gasteiger partial charge in [0.25, 0.3) is 0 Å². The van der Waals surface area contributed by atoms with E-state index in [9.17, 15) is 14.0 Å². The molecule has 2 rings (SSSR count). The summed E-state index contributed by atoms with van der Waals surface area (Å²) in [5.41, 5.74) is 1.21. The number of carboxylic acid groups (broad SMARTS) is 1. The maximum Gasteiger partial charge on any atom is 0.339 e. The number of carbonyl (C=O) groups is 2. The van der Waals surface area contributed by atoms with Gasteiger partial charge in [0.05, 0.1) is 12.1 Å². The lowest BCUT2D eigenvalue weighted by Crippen LogP contribution is -2.16. The van der Waals surface area contributed by atoms with Crippen molar-refractivity contribution in [2.24, 2.45) is 0 Å². The van der Waals surface area contributed by atoms with Crippen molar-refractivity contribution in [3.05, 3.63) is 53.1 Å². The van der Waals surface area contributed by atoms with Crippen LogP contribution < -0.4 is 5.32 Å². The minimum absolute atomic E-state index is 0.0255. The molecule has 0 spiro atoms. The Labute approximate surface area is 114 Å². The van der Waals surface area contributed by atoms with Crippen LogP contribution in [-0.2, 0) is 11.2 Å². The molecule has 5 nitrogen and oxygen atoms in total. The van der Waals surface area contributed by atoms with Gasteiger partial charge in [0.2, 0.25) is 5.91 Å². The number of nitrogens with one attached hydrogen (secondary N) is 2. The smallest absolute Gasteiger partial charge is 0.339 e. The van der Waals surface area contributed by atoms with Crippen LogP contribution in [-0.4, -0.2) is 22.0 Å². The number of rotatable bonds is 4. The maximum absolute atomic E-state index is 13.0. The van der Waals surface area contributed by atoms with Gasteiger partial charge < -0.3 is 15.4 Å². The number of aryl methyl sites for hydroxylation is 1. The molecule has 0 bridgehead atoms. The monoisotopic (exact) mass is 276 g/mol. The van der Waals surface area contributed by atoms with Crippen molar-refractivity contribution in [1.82, 2.24) is 4.98 Å². The van der Waals surface area contributed by atoms with Crippen molar-refractivity contribution < 1.29 is 19.1 Å². The summed E-state index contributed by atoms with van der Waals surface area (Å²) in [5.74, 6) is -1.94. The quantitative estimate of drug-likeness (QED) is 0.801. The fraction of sp³-hybridized carbons (Fsp3) is 0.143. The highest BCUT2D eigenvalue weighted by Gasteiger charge is 2.17. The van der Waals surface area contributed by atoms with E-state index in [0.29, 0.717) is 11.3 Å². The molecule has 0 radical (unpaired) electrons. The van der Waals surface area contributed by atoms with Gasteiger partial charge in [0, 0.05) is 11.9 Å². The summed E-state index contributed by atoms with van der Waals surface area (Å²) in [6.45, 7) is 1.60. The van der Waals surface area contributed by atoms with Gasteiger partial charge in [-0.25, -0.2) is 9.18 Å². The molecule has 0 atom stereocenters. The summed E-state index contributed by atoms with van der Waals surface area (Å²) in [4.78, 5) is 25.6. The molecule has 6 heteroatoms. The molecule has 0 aliphatic rings. The Balaban J connectivity index is 2.11. The minimum Gasteiger partial charge on any atom is -0.478 e. The van der Waals surface area contributed by atoms with Crippen LogP contribution in [0.5, 0.6) is 0 Å².